The van der Waals surface area contributed by atoms with E-state index in [9.17, 15) is 24.3 Å². The quantitative estimate of drug-likeness (QED) is 0.430. The fourth-order valence-electron chi connectivity index (χ4n) is 7.97. The van der Waals surface area contributed by atoms with Gasteiger partial charge in [0.15, 0.2) is 11.5 Å². The molecule has 0 amide bonds. The molecule has 4 aliphatic carbocycles. The van der Waals surface area contributed by atoms with Gasteiger partial charge in [-0.3, -0.25) is 14.4 Å². The molecular weight excluding hydrogens is 483 g/mol. The van der Waals surface area contributed by atoms with E-state index in [-0.39, 0.29) is 18.6 Å². The van der Waals surface area contributed by atoms with Crippen LogP contribution in [-0.4, -0.2) is 52.5 Å². The number of aliphatic hydroxyl groups is 1. The maximum absolute atomic E-state index is 17.4. The second-order valence-corrected chi connectivity index (χ2v) is 11.5. The second-order valence-electron chi connectivity index (χ2n) is 11.5. The van der Waals surface area contributed by atoms with E-state index in [0.717, 1.165) is 0 Å². The fraction of sp³-hybridized carbons (Fsp3) is 0.714. The number of allylic oxidation sites excluding steroid dienone is 4. The van der Waals surface area contributed by atoms with Crippen LogP contribution in [0.25, 0.3) is 0 Å². The summed E-state index contributed by atoms with van der Waals surface area (Å²) in [4.78, 5) is 50.0. The van der Waals surface area contributed by atoms with Crippen molar-refractivity contribution in [2.45, 2.75) is 97.3 Å². The lowest BCUT2D eigenvalue weighted by Gasteiger charge is -2.62. The van der Waals surface area contributed by atoms with Gasteiger partial charge >= 0.3 is 17.9 Å². The Morgan fingerprint density at radius 2 is 1.89 bits per heavy atom. The van der Waals surface area contributed by atoms with Gasteiger partial charge in [0, 0.05) is 42.9 Å². The van der Waals surface area contributed by atoms with Gasteiger partial charge in [-0.05, 0) is 50.7 Å². The zero-order valence-corrected chi connectivity index (χ0v) is 22.3. The monoisotopic (exact) mass is 520 g/mol. The molecule has 1 unspecified atom stereocenters. The van der Waals surface area contributed by atoms with Crippen molar-refractivity contribution in [3.63, 3.8) is 0 Å². The Balaban J connectivity index is 1.80. The van der Waals surface area contributed by atoms with Gasteiger partial charge in [0.05, 0.1) is 6.10 Å². The predicted octanol–water partition coefficient (Wildman–Crippen LogP) is 3.75. The molecule has 9 atom stereocenters. The number of rotatable bonds is 5. The molecule has 3 fully saturated rings. The van der Waals surface area contributed by atoms with Crippen molar-refractivity contribution in [2.24, 2.45) is 28.6 Å². The van der Waals surface area contributed by atoms with Crippen molar-refractivity contribution in [2.75, 3.05) is 0 Å². The molecule has 0 spiro atoms. The minimum absolute atomic E-state index is 0.00603. The van der Waals surface area contributed by atoms with Crippen molar-refractivity contribution >= 4 is 23.7 Å². The number of esters is 3. The molecule has 204 valence electrons. The van der Waals surface area contributed by atoms with Crippen LogP contribution in [0.4, 0.5) is 4.39 Å². The van der Waals surface area contributed by atoms with Gasteiger partial charge in [-0.2, -0.15) is 0 Å². The number of carbonyl (C=O) groups is 4. The van der Waals surface area contributed by atoms with Crippen LogP contribution in [-0.2, 0) is 33.4 Å². The van der Waals surface area contributed by atoms with Crippen LogP contribution < -0.4 is 0 Å². The lowest BCUT2D eigenvalue weighted by atomic mass is 9.44. The summed E-state index contributed by atoms with van der Waals surface area (Å²) in [6.07, 6.45) is 2.73. The summed E-state index contributed by atoms with van der Waals surface area (Å²) in [5.41, 5.74) is -5.57. The average Bonchev–Trinajstić information content (AvgIpc) is 3.01. The molecule has 4 rings (SSSR count). The van der Waals surface area contributed by atoms with Crippen molar-refractivity contribution < 1.29 is 42.9 Å². The topological polar surface area (TPSA) is 116 Å². The summed E-state index contributed by atoms with van der Waals surface area (Å²) < 4.78 is 33.8. The molecule has 0 bridgehead atoms. The largest absolute Gasteiger partial charge is 0.446 e. The summed E-state index contributed by atoms with van der Waals surface area (Å²) in [6, 6.07) is 0. The van der Waals surface area contributed by atoms with Crippen LogP contribution in [0.2, 0.25) is 0 Å². The Labute approximate surface area is 216 Å². The molecule has 0 aromatic carbocycles. The number of halogens is 1. The molecule has 4 aliphatic rings. The van der Waals surface area contributed by atoms with Crippen LogP contribution in [0, 0.1) is 28.6 Å². The number of alkyl halides is 1. The van der Waals surface area contributed by atoms with Crippen LogP contribution >= 0.6 is 0 Å². The van der Waals surface area contributed by atoms with Crippen molar-refractivity contribution in [3.8, 4) is 0 Å². The average molecular weight is 521 g/mol. The number of hydrogen-bond donors (Lipinski definition) is 1. The molecular formula is C28H37FO8. The van der Waals surface area contributed by atoms with E-state index in [1.54, 1.807) is 33.8 Å². The highest BCUT2D eigenvalue weighted by Gasteiger charge is 2.78. The molecule has 1 N–H and O–H groups in total. The van der Waals surface area contributed by atoms with Crippen molar-refractivity contribution in [1.82, 2.24) is 0 Å². The van der Waals surface area contributed by atoms with Gasteiger partial charge in [-0.25, -0.2) is 9.18 Å². The Bertz CT molecular complexity index is 1080. The van der Waals surface area contributed by atoms with E-state index in [2.05, 4.69) is 0 Å². The van der Waals surface area contributed by atoms with E-state index in [1.165, 1.54) is 26.0 Å². The maximum Gasteiger partial charge on any atom is 0.354 e. The molecule has 0 aliphatic heterocycles. The predicted molar refractivity (Wildman–Crippen MR) is 129 cm³/mol. The molecule has 0 radical (unpaired) electrons. The summed E-state index contributed by atoms with van der Waals surface area (Å²) in [7, 11) is 0. The van der Waals surface area contributed by atoms with E-state index >= 15 is 4.39 Å². The highest BCUT2D eigenvalue weighted by atomic mass is 19.1. The summed E-state index contributed by atoms with van der Waals surface area (Å²) in [5.74, 6) is -3.98. The van der Waals surface area contributed by atoms with Gasteiger partial charge in [-0.15, -0.1) is 0 Å². The van der Waals surface area contributed by atoms with Gasteiger partial charge < -0.3 is 19.3 Å². The number of ketones is 1. The summed E-state index contributed by atoms with van der Waals surface area (Å²) in [5, 5.41) is 11.6. The minimum Gasteiger partial charge on any atom is -0.446 e. The molecule has 3 saturated carbocycles. The van der Waals surface area contributed by atoms with Crippen LogP contribution in [0.3, 0.4) is 0 Å². The van der Waals surface area contributed by atoms with Crippen LogP contribution in [0.5, 0.6) is 0 Å². The molecule has 0 aromatic heterocycles. The van der Waals surface area contributed by atoms with Crippen LogP contribution in [0.15, 0.2) is 23.8 Å². The molecule has 0 saturated heterocycles. The Morgan fingerprint density at radius 1 is 1.22 bits per heavy atom. The van der Waals surface area contributed by atoms with Gasteiger partial charge in [-0.1, -0.05) is 32.4 Å². The standard InChI is InChI=1S/C28H37FO8/c1-7-23(33)37-28(24(34)36-17(4)35-16(3)30)15(2)12-21-20-9-8-18-13-19(31)10-11-25(18,5)27(20,29)22(32)14-26(21,28)6/h10-11,13,15,17,20-22,32H,7-9,12,14H2,1-6H3/t15-,17?,20-,21-,22-,25-,26-,27-,28-/m0/s1. The highest BCUT2D eigenvalue weighted by molar-refractivity contribution is 6.01. The first-order valence-corrected chi connectivity index (χ1v) is 13.1. The number of ether oxygens (including phenoxy) is 3. The first-order chi connectivity index (χ1) is 17.2. The van der Waals surface area contributed by atoms with E-state index in [4.69, 9.17) is 14.2 Å². The Morgan fingerprint density at radius 3 is 2.51 bits per heavy atom. The number of aliphatic hydroxyl groups excluding tert-OH is 1. The first kappa shape index (κ1) is 27.5. The van der Waals surface area contributed by atoms with Crippen molar-refractivity contribution in [3.05, 3.63) is 23.8 Å². The molecule has 8 nitrogen and oxygen atoms in total. The smallest absolute Gasteiger partial charge is 0.354 e. The Hall–Kier alpha value is -2.55. The van der Waals surface area contributed by atoms with E-state index in [1.807, 2.05) is 0 Å². The second kappa shape index (κ2) is 9.03. The molecule has 0 heterocycles. The van der Waals surface area contributed by atoms with E-state index in [0.29, 0.717) is 24.8 Å². The highest BCUT2D eigenvalue weighted by Crippen LogP contribution is 2.71. The van der Waals surface area contributed by atoms with Crippen LogP contribution in [0.1, 0.15) is 73.6 Å². The van der Waals surface area contributed by atoms with Gasteiger partial charge in [0.1, 0.15) is 0 Å². The van der Waals surface area contributed by atoms with Gasteiger partial charge in [0.2, 0.25) is 11.9 Å². The van der Waals surface area contributed by atoms with E-state index < -0.39 is 70.2 Å². The normalized spacial score (nSPS) is 43.0. The molecule has 37 heavy (non-hydrogen) atoms. The van der Waals surface area contributed by atoms with Gasteiger partial charge in [0.25, 0.3) is 0 Å². The third-order valence-corrected chi connectivity index (χ3v) is 9.65. The fourth-order valence-corrected chi connectivity index (χ4v) is 7.97. The number of hydrogen-bond acceptors (Lipinski definition) is 8. The zero-order chi connectivity index (χ0) is 27.6. The summed E-state index contributed by atoms with van der Waals surface area (Å²) in [6.45, 7) is 9.44. The maximum atomic E-state index is 17.4. The molecule has 9 heteroatoms. The first-order valence-electron chi connectivity index (χ1n) is 13.1. The molecule has 0 aromatic rings. The Kier molecular flexibility index (Phi) is 6.71. The lowest BCUT2D eigenvalue weighted by molar-refractivity contribution is -0.244. The summed E-state index contributed by atoms with van der Waals surface area (Å²) >= 11 is 0. The SMILES string of the molecule is CCC(=O)O[C@]1(C(=O)OC(C)OC(C)=O)[C@@H](C)C[C@H]2[C@@H]3CCC4=CC(=O)C=C[C@]4(C)[C@@]3(F)[C@@H](O)C[C@@]21C. The zero-order valence-electron chi connectivity index (χ0n) is 22.3. The third-order valence-electron chi connectivity index (χ3n) is 9.65. The van der Waals surface area contributed by atoms with Crippen molar-refractivity contribution in [1.29, 1.82) is 0 Å². The number of carbonyl (C=O) groups excluding carboxylic acids is 4. The minimum atomic E-state index is -2.09. The lowest BCUT2D eigenvalue weighted by Crippen LogP contribution is -2.70. The number of fused-ring (bicyclic) bond motifs is 5. The third kappa shape index (κ3) is 3.71.